The summed E-state index contributed by atoms with van der Waals surface area (Å²) in [5.41, 5.74) is -1.34. The van der Waals surface area contributed by atoms with Gasteiger partial charge in [0.05, 0.1) is 41.2 Å². The molecule has 7 nitrogen and oxygen atoms in total. The molecule has 0 aromatic carbocycles. The van der Waals surface area contributed by atoms with Crippen molar-refractivity contribution in [2.45, 2.75) is 5.54 Å². The summed E-state index contributed by atoms with van der Waals surface area (Å²) < 4.78 is 30.6. The van der Waals surface area contributed by atoms with Gasteiger partial charge in [0, 0.05) is 6.54 Å². The van der Waals surface area contributed by atoms with Gasteiger partial charge in [-0.25, -0.2) is 8.42 Å². The van der Waals surface area contributed by atoms with E-state index >= 15 is 0 Å². The molecule has 0 aliphatic rings. The molecular formula is C6H14NNa2O6S+. The van der Waals surface area contributed by atoms with Crippen molar-refractivity contribution < 1.29 is 87.4 Å². The van der Waals surface area contributed by atoms with Crippen LogP contribution in [0.25, 0.3) is 0 Å². The van der Waals surface area contributed by atoms with Gasteiger partial charge in [0.15, 0.2) is 0 Å². The van der Waals surface area contributed by atoms with Crippen LogP contribution in [-0.2, 0) is 10.1 Å². The molecule has 0 atom stereocenters. The molecule has 0 saturated heterocycles. The maximum absolute atomic E-state index is 10.2. The summed E-state index contributed by atoms with van der Waals surface area (Å²) >= 11 is 0. The first-order chi connectivity index (χ1) is 6.39. The van der Waals surface area contributed by atoms with E-state index in [9.17, 15) is 13.0 Å². The molecule has 0 amide bonds. The van der Waals surface area contributed by atoms with Crippen LogP contribution in [0.15, 0.2) is 0 Å². The first-order valence-electron chi connectivity index (χ1n) is 3.90. The van der Waals surface area contributed by atoms with Crippen LogP contribution in [0, 0.1) is 0 Å². The first kappa shape index (κ1) is 22.9. The van der Waals surface area contributed by atoms with E-state index in [4.69, 9.17) is 15.3 Å². The second-order valence-electron chi connectivity index (χ2n) is 2.94. The van der Waals surface area contributed by atoms with Crippen LogP contribution < -0.4 is 64.4 Å². The van der Waals surface area contributed by atoms with Crippen LogP contribution >= 0.6 is 0 Å². The average Bonchev–Trinajstić information content (AvgIpc) is 2.11. The summed E-state index contributed by atoms with van der Waals surface area (Å²) in [5, 5.41) is 28.8. The maximum atomic E-state index is 10.2. The van der Waals surface area contributed by atoms with E-state index in [2.05, 4.69) is 5.32 Å². The number of hydrogen-bond donors (Lipinski definition) is 4. The van der Waals surface area contributed by atoms with Crippen molar-refractivity contribution >= 4 is 10.1 Å². The quantitative estimate of drug-likeness (QED) is 0.268. The van der Waals surface area contributed by atoms with Gasteiger partial charge in [-0.3, -0.25) is 0 Å². The predicted octanol–water partition coefficient (Wildman–Crippen LogP) is -9.16. The molecule has 0 rings (SSSR count). The molecule has 86 valence electrons. The molecule has 0 aromatic rings. The summed E-state index contributed by atoms with van der Waals surface area (Å²) in [6, 6.07) is 0. The normalized spacial score (nSPS) is 11.5. The Bertz CT molecular complexity index is 247. The number of hydrogen-bond acceptors (Lipinski definition) is 7. The second kappa shape index (κ2) is 10.7. The van der Waals surface area contributed by atoms with Gasteiger partial charge >= 0.3 is 59.1 Å². The fourth-order valence-electron chi connectivity index (χ4n) is 0.759. The first-order valence-corrected chi connectivity index (χ1v) is 5.48. The summed E-state index contributed by atoms with van der Waals surface area (Å²) in [5.74, 6) is -0.658. The third kappa shape index (κ3) is 9.75. The van der Waals surface area contributed by atoms with Crippen molar-refractivity contribution in [3.63, 3.8) is 0 Å². The van der Waals surface area contributed by atoms with Gasteiger partial charge in [0.2, 0.25) is 0 Å². The van der Waals surface area contributed by atoms with Crippen LogP contribution in [-0.4, -0.2) is 65.9 Å². The van der Waals surface area contributed by atoms with Gasteiger partial charge in [-0.2, -0.15) is 0 Å². The summed E-state index contributed by atoms with van der Waals surface area (Å²) in [6.45, 7) is -1.90. The van der Waals surface area contributed by atoms with Gasteiger partial charge in [-0.05, 0) is 0 Å². The molecule has 0 bridgehead atoms. The molecule has 0 unspecified atom stereocenters. The Morgan fingerprint density at radius 1 is 1.06 bits per heavy atom. The molecule has 0 aliphatic heterocycles. The molecule has 0 saturated carbocycles. The van der Waals surface area contributed by atoms with Gasteiger partial charge in [0.1, 0.15) is 0 Å². The largest absolute Gasteiger partial charge is 1.00 e. The topological polar surface area (TPSA) is 130 Å². The number of nitrogens with one attached hydrogen (secondary N) is 1. The van der Waals surface area contributed by atoms with Crippen molar-refractivity contribution in [1.29, 1.82) is 0 Å². The molecule has 0 radical (unpaired) electrons. The van der Waals surface area contributed by atoms with E-state index in [-0.39, 0.29) is 65.7 Å². The van der Waals surface area contributed by atoms with E-state index in [1.807, 2.05) is 0 Å². The van der Waals surface area contributed by atoms with Crippen molar-refractivity contribution in [2.75, 3.05) is 32.1 Å². The summed E-state index contributed by atoms with van der Waals surface area (Å²) in [4.78, 5) is 0. The minimum Gasteiger partial charge on any atom is -0.748 e. The fourth-order valence-corrected chi connectivity index (χ4v) is 1.11. The Morgan fingerprint density at radius 3 is 1.69 bits per heavy atom. The van der Waals surface area contributed by atoms with Gasteiger partial charge in [-0.1, -0.05) is 0 Å². The van der Waals surface area contributed by atoms with Gasteiger partial charge < -0.3 is 25.2 Å². The van der Waals surface area contributed by atoms with Gasteiger partial charge in [0.25, 0.3) is 0 Å². The van der Waals surface area contributed by atoms with Crippen molar-refractivity contribution in [1.82, 2.24) is 5.32 Å². The zero-order valence-electron chi connectivity index (χ0n) is 9.51. The predicted molar refractivity (Wildman–Crippen MR) is 46.6 cm³/mol. The van der Waals surface area contributed by atoms with Crippen molar-refractivity contribution in [2.24, 2.45) is 0 Å². The average molecular weight is 274 g/mol. The summed E-state index contributed by atoms with van der Waals surface area (Å²) in [6.07, 6.45) is 0. The Hall–Kier alpha value is 1.75. The summed E-state index contributed by atoms with van der Waals surface area (Å²) in [7, 11) is -4.33. The number of aliphatic hydroxyl groups is 3. The van der Waals surface area contributed by atoms with E-state index in [0.717, 1.165) is 0 Å². The molecule has 0 fully saturated rings. The Kier molecular flexibility index (Phi) is 15.2. The maximum Gasteiger partial charge on any atom is 1.00 e. The standard InChI is InChI=1S/C6H15NO6S.2Na/c8-3-6(4-9,5-10)7-1-2-14(11,12)13;;/h7-10H,1-5H2,(H,11,12,13);;/q;2*+1/p-1. The third-order valence-corrected chi connectivity index (χ3v) is 2.46. The van der Waals surface area contributed by atoms with Crippen LogP contribution in [0.5, 0.6) is 0 Å². The SMILES string of the molecule is O=S(=O)([O-])CCNC(CO)(CO)CO.[Na+].[Na+]. The molecule has 16 heavy (non-hydrogen) atoms. The Labute approximate surface area is 139 Å². The van der Waals surface area contributed by atoms with E-state index in [0.29, 0.717) is 0 Å². The van der Waals surface area contributed by atoms with Crippen molar-refractivity contribution in [3.8, 4) is 0 Å². The van der Waals surface area contributed by atoms with Crippen LogP contribution in [0.4, 0.5) is 0 Å². The van der Waals surface area contributed by atoms with E-state index < -0.39 is 41.2 Å². The molecule has 4 N–H and O–H groups in total. The molecule has 0 heterocycles. The molecule has 0 aliphatic carbocycles. The smallest absolute Gasteiger partial charge is 0.748 e. The van der Waals surface area contributed by atoms with E-state index in [1.54, 1.807) is 0 Å². The zero-order chi connectivity index (χ0) is 11.2. The fraction of sp³-hybridized carbons (Fsp3) is 1.00. The van der Waals surface area contributed by atoms with E-state index in [1.165, 1.54) is 0 Å². The number of aliphatic hydroxyl groups excluding tert-OH is 3. The molecule has 0 spiro atoms. The monoisotopic (exact) mass is 274 g/mol. The molecule has 10 heteroatoms. The molecular weight excluding hydrogens is 260 g/mol. The van der Waals surface area contributed by atoms with Crippen LogP contribution in [0.3, 0.4) is 0 Å². The second-order valence-corrected chi connectivity index (χ2v) is 4.47. The Balaban J connectivity index is -0.000000845. The number of rotatable bonds is 7. The minimum absolute atomic E-state index is 0. The van der Waals surface area contributed by atoms with Gasteiger partial charge in [-0.15, -0.1) is 0 Å². The molecule has 0 aromatic heterocycles. The Morgan fingerprint density at radius 2 is 1.44 bits per heavy atom. The third-order valence-electron chi connectivity index (χ3n) is 1.76. The van der Waals surface area contributed by atoms with Crippen LogP contribution in [0.2, 0.25) is 0 Å². The van der Waals surface area contributed by atoms with Crippen LogP contribution in [0.1, 0.15) is 0 Å². The zero-order valence-corrected chi connectivity index (χ0v) is 14.3. The minimum atomic E-state index is -4.33. The van der Waals surface area contributed by atoms with Crippen molar-refractivity contribution in [3.05, 3.63) is 0 Å².